The maximum Gasteiger partial charge on any atom is 0.224 e. The fourth-order valence-electron chi connectivity index (χ4n) is 4.81. The van der Waals surface area contributed by atoms with E-state index in [0.29, 0.717) is 6.42 Å². The monoisotopic (exact) mass is 388 g/mol. The number of fused-ring (bicyclic) bond motifs is 2. The van der Waals surface area contributed by atoms with E-state index in [9.17, 15) is 4.79 Å². The summed E-state index contributed by atoms with van der Waals surface area (Å²) in [5.74, 6) is 0.106. The van der Waals surface area contributed by atoms with Crippen molar-refractivity contribution < 1.29 is 9.21 Å². The first-order valence-electron chi connectivity index (χ1n) is 10.8. The average molecular weight is 389 g/mol. The Morgan fingerprint density at radius 2 is 1.83 bits per heavy atom. The molecular formula is C25H28N2O2. The van der Waals surface area contributed by atoms with E-state index in [1.165, 1.54) is 23.1 Å². The second-order valence-corrected chi connectivity index (χ2v) is 8.51. The Hall–Kier alpha value is -2.59. The maximum atomic E-state index is 12.7. The van der Waals surface area contributed by atoms with E-state index < -0.39 is 0 Å². The summed E-state index contributed by atoms with van der Waals surface area (Å²) < 4.78 is 5.75. The van der Waals surface area contributed by atoms with Gasteiger partial charge in [0.15, 0.2) is 0 Å². The Morgan fingerprint density at radius 3 is 2.62 bits per heavy atom. The molecule has 150 valence electrons. The number of furan rings is 1. The van der Waals surface area contributed by atoms with Gasteiger partial charge in [0.25, 0.3) is 0 Å². The third-order valence-electron chi connectivity index (χ3n) is 6.42. The van der Waals surface area contributed by atoms with E-state index >= 15 is 0 Å². The Morgan fingerprint density at radius 1 is 1.07 bits per heavy atom. The van der Waals surface area contributed by atoms with Crippen LogP contribution in [0.1, 0.15) is 41.5 Å². The number of nitrogens with one attached hydrogen (secondary N) is 1. The van der Waals surface area contributed by atoms with E-state index in [4.69, 9.17) is 4.42 Å². The highest BCUT2D eigenvalue weighted by molar-refractivity contribution is 5.88. The number of hydrogen-bond donors (Lipinski definition) is 1. The SMILES string of the molecule is O=C(Cc1coc2cc3c(cc12)CCC3)NC1CCN(Cc2ccccc2)CC1. The number of nitrogens with zero attached hydrogens (tertiary/aromatic N) is 1. The molecule has 4 nitrogen and oxygen atoms in total. The van der Waals surface area contributed by atoms with Crippen LogP contribution in [0.3, 0.4) is 0 Å². The molecule has 2 heterocycles. The Labute approximate surface area is 171 Å². The Balaban J connectivity index is 1.15. The van der Waals surface area contributed by atoms with Crippen molar-refractivity contribution in [3.8, 4) is 0 Å². The largest absolute Gasteiger partial charge is 0.464 e. The second kappa shape index (κ2) is 8.03. The minimum absolute atomic E-state index is 0.106. The van der Waals surface area contributed by atoms with E-state index in [2.05, 4.69) is 52.7 Å². The van der Waals surface area contributed by atoms with Crippen LogP contribution in [-0.4, -0.2) is 29.9 Å². The molecular weight excluding hydrogens is 360 g/mol. The van der Waals surface area contributed by atoms with E-state index in [0.717, 1.165) is 61.9 Å². The van der Waals surface area contributed by atoms with Gasteiger partial charge in [0.1, 0.15) is 5.58 Å². The highest BCUT2D eigenvalue weighted by Gasteiger charge is 2.22. The standard InChI is InChI=1S/C25H28N2O2/c28-25(15-21-17-29-24-14-20-8-4-7-19(20)13-23(21)24)26-22-9-11-27(12-10-22)16-18-5-2-1-3-6-18/h1-3,5-6,13-14,17,22H,4,7-12,15-16H2,(H,26,28). The number of likely N-dealkylation sites (tertiary alicyclic amines) is 1. The normalized spacial score (nSPS) is 17.5. The summed E-state index contributed by atoms with van der Waals surface area (Å²) in [6.45, 7) is 3.05. The van der Waals surface area contributed by atoms with Gasteiger partial charge in [0.2, 0.25) is 5.91 Å². The van der Waals surface area contributed by atoms with Crippen LogP contribution in [0.2, 0.25) is 0 Å². The molecule has 0 atom stereocenters. The zero-order chi connectivity index (χ0) is 19.6. The average Bonchev–Trinajstić information content (AvgIpc) is 3.35. The van der Waals surface area contributed by atoms with Crippen molar-refractivity contribution in [3.63, 3.8) is 0 Å². The first-order valence-corrected chi connectivity index (χ1v) is 10.8. The van der Waals surface area contributed by atoms with Crippen molar-refractivity contribution in [2.45, 2.75) is 51.1 Å². The topological polar surface area (TPSA) is 45.5 Å². The molecule has 0 saturated carbocycles. The van der Waals surface area contributed by atoms with Crippen LogP contribution in [0, 0.1) is 0 Å². The van der Waals surface area contributed by atoms with Crippen molar-refractivity contribution in [1.29, 1.82) is 0 Å². The quantitative estimate of drug-likeness (QED) is 0.711. The molecule has 1 aromatic heterocycles. The van der Waals surface area contributed by atoms with E-state index in [-0.39, 0.29) is 11.9 Å². The summed E-state index contributed by atoms with van der Waals surface area (Å²) in [4.78, 5) is 15.1. The zero-order valence-electron chi connectivity index (χ0n) is 16.8. The summed E-state index contributed by atoms with van der Waals surface area (Å²) in [5.41, 5.74) is 6.11. The fraction of sp³-hybridized carbons (Fsp3) is 0.400. The number of aryl methyl sites for hydroxylation is 2. The number of carbonyl (C=O) groups excluding carboxylic acids is 1. The summed E-state index contributed by atoms with van der Waals surface area (Å²) in [6, 6.07) is 15.3. The zero-order valence-corrected chi connectivity index (χ0v) is 16.8. The van der Waals surface area contributed by atoms with Gasteiger partial charge in [0, 0.05) is 36.6 Å². The lowest BCUT2D eigenvalue weighted by atomic mass is 10.0. The highest BCUT2D eigenvalue weighted by atomic mass is 16.3. The molecule has 0 spiro atoms. The van der Waals surface area contributed by atoms with Gasteiger partial charge in [0.05, 0.1) is 12.7 Å². The molecule has 0 radical (unpaired) electrons. The van der Waals surface area contributed by atoms with Crippen LogP contribution < -0.4 is 5.32 Å². The molecule has 5 rings (SSSR count). The van der Waals surface area contributed by atoms with Gasteiger partial charge in [-0.2, -0.15) is 0 Å². The molecule has 0 bridgehead atoms. The molecule has 29 heavy (non-hydrogen) atoms. The van der Waals surface area contributed by atoms with Gasteiger partial charge in [-0.05, 0) is 60.9 Å². The van der Waals surface area contributed by atoms with Crippen LogP contribution in [-0.2, 0) is 30.6 Å². The number of carbonyl (C=O) groups is 1. The van der Waals surface area contributed by atoms with Crippen LogP contribution in [0.25, 0.3) is 11.0 Å². The van der Waals surface area contributed by atoms with Gasteiger partial charge in [-0.1, -0.05) is 30.3 Å². The highest BCUT2D eigenvalue weighted by Crippen LogP contribution is 2.30. The molecule has 1 amide bonds. The molecule has 2 aromatic carbocycles. The minimum Gasteiger partial charge on any atom is -0.464 e. The molecule has 1 saturated heterocycles. The van der Waals surface area contributed by atoms with Gasteiger partial charge in [-0.15, -0.1) is 0 Å². The Kier molecular flexibility index (Phi) is 5.11. The van der Waals surface area contributed by atoms with Crippen molar-refractivity contribution in [2.75, 3.05) is 13.1 Å². The minimum atomic E-state index is 0.106. The number of benzene rings is 2. The van der Waals surface area contributed by atoms with E-state index in [1.54, 1.807) is 6.26 Å². The molecule has 4 heteroatoms. The second-order valence-electron chi connectivity index (χ2n) is 8.51. The van der Waals surface area contributed by atoms with Crippen molar-refractivity contribution >= 4 is 16.9 Å². The van der Waals surface area contributed by atoms with Crippen LogP contribution in [0.5, 0.6) is 0 Å². The molecule has 2 aliphatic rings. The molecule has 1 N–H and O–H groups in total. The Bertz CT molecular complexity index is 1000. The number of amides is 1. The van der Waals surface area contributed by atoms with Crippen molar-refractivity contribution in [3.05, 3.63) is 71.0 Å². The predicted octanol–water partition coefficient (Wildman–Crippen LogP) is 4.24. The third kappa shape index (κ3) is 4.08. The maximum absolute atomic E-state index is 12.7. The first kappa shape index (κ1) is 18.4. The summed E-state index contributed by atoms with van der Waals surface area (Å²) in [6.07, 6.45) is 7.70. The van der Waals surface area contributed by atoms with Crippen LogP contribution in [0.15, 0.2) is 53.1 Å². The molecule has 1 aliphatic carbocycles. The molecule has 1 fully saturated rings. The lowest BCUT2D eigenvalue weighted by Gasteiger charge is -2.32. The van der Waals surface area contributed by atoms with Gasteiger partial charge >= 0.3 is 0 Å². The third-order valence-corrected chi connectivity index (χ3v) is 6.42. The molecule has 3 aromatic rings. The van der Waals surface area contributed by atoms with Crippen molar-refractivity contribution in [1.82, 2.24) is 10.2 Å². The summed E-state index contributed by atoms with van der Waals surface area (Å²) >= 11 is 0. The van der Waals surface area contributed by atoms with Gasteiger partial charge in [-0.25, -0.2) is 0 Å². The van der Waals surface area contributed by atoms with Crippen LogP contribution in [0.4, 0.5) is 0 Å². The number of hydrogen-bond acceptors (Lipinski definition) is 3. The lowest BCUT2D eigenvalue weighted by Crippen LogP contribution is -2.44. The van der Waals surface area contributed by atoms with Crippen LogP contribution >= 0.6 is 0 Å². The summed E-state index contributed by atoms with van der Waals surface area (Å²) in [5, 5.41) is 4.36. The van der Waals surface area contributed by atoms with E-state index in [1.807, 2.05) is 0 Å². The summed E-state index contributed by atoms with van der Waals surface area (Å²) in [7, 11) is 0. The van der Waals surface area contributed by atoms with Crippen molar-refractivity contribution in [2.24, 2.45) is 0 Å². The van der Waals surface area contributed by atoms with Gasteiger partial charge < -0.3 is 9.73 Å². The number of rotatable bonds is 5. The van der Waals surface area contributed by atoms with Gasteiger partial charge in [-0.3, -0.25) is 9.69 Å². The first-order chi connectivity index (χ1) is 14.2. The predicted molar refractivity (Wildman–Crippen MR) is 115 cm³/mol. The fourth-order valence-corrected chi connectivity index (χ4v) is 4.81. The number of piperidine rings is 1. The lowest BCUT2D eigenvalue weighted by molar-refractivity contribution is -0.121. The molecule has 1 aliphatic heterocycles. The smallest absolute Gasteiger partial charge is 0.224 e. The molecule has 0 unspecified atom stereocenters.